The zero-order valence-corrected chi connectivity index (χ0v) is 22.6. The molecule has 0 radical (unpaired) electrons. The van der Waals surface area contributed by atoms with E-state index in [-0.39, 0.29) is 11.7 Å². The van der Waals surface area contributed by atoms with E-state index in [1.54, 1.807) is 6.07 Å². The Balaban J connectivity index is 2.02. The molecule has 1 heterocycles. The van der Waals surface area contributed by atoms with E-state index in [2.05, 4.69) is 36.3 Å². The molecule has 5 heteroatoms. The molecule has 1 aliphatic rings. The third-order valence-corrected chi connectivity index (χ3v) is 11.4. The number of benzene rings is 1. The average molecular weight is 509 g/mol. The lowest BCUT2D eigenvalue weighted by Gasteiger charge is -2.32. The highest BCUT2D eigenvalue weighted by Crippen LogP contribution is 2.34. The number of carbonyl (C=O) groups excluding carboxylic acids is 2. The van der Waals surface area contributed by atoms with E-state index in [4.69, 9.17) is 0 Å². The number of amides is 1. The monoisotopic (exact) mass is 507 g/mol. The van der Waals surface area contributed by atoms with Gasteiger partial charge in [-0.1, -0.05) is 125 Å². The van der Waals surface area contributed by atoms with Gasteiger partial charge < -0.3 is 4.90 Å². The van der Waals surface area contributed by atoms with Crippen LogP contribution in [-0.2, 0) is 4.79 Å². The number of halogens is 1. The molecular formula is C26H42BrNO2Si. The van der Waals surface area contributed by atoms with Crippen molar-refractivity contribution in [3.8, 4) is 0 Å². The van der Waals surface area contributed by atoms with Crippen LogP contribution in [0, 0.1) is 0 Å². The van der Waals surface area contributed by atoms with Crippen LogP contribution >= 0.6 is 15.9 Å². The Hall–Kier alpha value is -0.943. The van der Waals surface area contributed by atoms with E-state index in [0.29, 0.717) is 5.56 Å². The quantitative estimate of drug-likeness (QED) is 0.128. The molecule has 0 bridgehead atoms. The molecule has 0 saturated carbocycles. The summed E-state index contributed by atoms with van der Waals surface area (Å²) in [7, 11) is -1.67. The summed E-state index contributed by atoms with van der Waals surface area (Å²) in [6.45, 7) is 6.99. The number of anilines is 1. The van der Waals surface area contributed by atoms with Gasteiger partial charge in [0.05, 0.1) is 19.3 Å². The summed E-state index contributed by atoms with van der Waals surface area (Å²) in [5.41, 5.74) is 1.39. The Morgan fingerprint density at radius 2 is 1.32 bits per heavy atom. The molecular weight excluding hydrogens is 466 g/mol. The molecule has 1 aliphatic heterocycles. The summed E-state index contributed by atoms with van der Waals surface area (Å²) in [5.74, 6) is -0.657. The predicted molar refractivity (Wildman–Crippen MR) is 139 cm³/mol. The first-order valence-corrected chi connectivity index (χ1v) is 16.5. The fraction of sp³-hybridized carbons (Fsp3) is 0.692. The fourth-order valence-corrected chi connectivity index (χ4v) is 8.95. The number of nitrogens with zero attached hydrogens (tertiary/aromatic N) is 1. The lowest BCUT2D eigenvalue weighted by molar-refractivity contribution is -0.114. The van der Waals surface area contributed by atoms with E-state index >= 15 is 0 Å². The van der Waals surface area contributed by atoms with Crippen molar-refractivity contribution in [3.63, 3.8) is 0 Å². The van der Waals surface area contributed by atoms with Crippen LogP contribution in [0.2, 0.25) is 18.6 Å². The summed E-state index contributed by atoms with van der Waals surface area (Å²) in [6, 6.07) is 8.12. The van der Waals surface area contributed by atoms with E-state index in [1.807, 2.05) is 17.0 Å². The van der Waals surface area contributed by atoms with Gasteiger partial charge in [-0.05, 0) is 18.2 Å². The molecule has 174 valence electrons. The van der Waals surface area contributed by atoms with Crippen molar-refractivity contribution >= 4 is 41.4 Å². The number of unbranched alkanes of at least 4 members (excludes halogenated alkanes) is 10. The van der Waals surface area contributed by atoms with Gasteiger partial charge in [0.2, 0.25) is 0 Å². The Labute approximate surface area is 199 Å². The summed E-state index contributed by atoms with van der Waals surface area (Å²) >= 11 is 3.52. The Morgan fingerprint density at radius 3 is 1.87 bits per heavy atom. The molecule has 0 aromatic heterocycles. The van der Waals surface area contributed by atoms with E-state index in [0.717, 1.165) is 16.3 Å². The highest BCUT2D eigenvalue weighted by Gasteiger charge is 2.40. The van der Waals surface area contributed by atoms with Gasteiger partial charge >= 0.3 is 0 Å². The van der Waals surface area contributed by atoms with Gasteiger partial charge in [0.25, 0.3) is 11.7 Å². The van der Waals surface area contributed by atoms with Gasteiger partial charge in [-0.2, -0.15) is 0 Å². The van der Waals surface area contributed by atoms with Crippen molar-refractivity contribution in [1.29, 1.82) is 0 Å². The van der Waals surface area contributed by atoms with E-state index < -0.39 is 8.07 Å². The second kappa shape index (κ2) is 13.6. The number of Topliss-reactive ketones (excluding diaryl/α,β-unsaturated/α-hetero) is 1. The van der Waals surface area contributed by atoms with E-state index in [9.17, 15) is 9.59 Å². The van der Waals surface area contributed by atoms with Crippen molar-refractivity contribution in [2.75, 3.05) is 11.1 Å². The van der Waals surface area contributed by atoms with E-state index in [1.165, 1.54) is 89.1 Å². The molecule has 0 N–H and O–H groups in total. The molecule has 1 aromatic rings. The highest BCUT2D eigenvalue weighted by atomic mass is 79.9. The summed E-state index contributed by atoms with van der Waals surface area (Å²) in [6.07, 6.45) is 16.5. The van der Waals surface area contributed by atoms with Crippen molar-refractivity contribution < 1.29 is 9.59 Å². The third kappa shape index (κ3) is 8.16. The number of rotatable bonds is 16. The molecule has 31 heavy (non-hydrogen) atoms. The molecule has 3 nitrogen and oxygen atoms in total. The zero-order chi connectivity index (χ0) is 22.7. The van der Waals surface area contributed by atoms with Crippen LogP contribution in [0.15, 0.2) is 22.7 Å². The average Bonchev–Trinajstić information content (AvgIpc) is 2.97. The summed E-state index contributed by atoms with van der Waals surface area (Å²) < 4.78 is 0.925. The van der Waals surface area contributed by atoms with Gasteiger partial charge in [0.1, 0.15) is 0 Å². The Kier molecular flexibility index (Phi) is 11.5. The first-order chi connectivity index (χ1) is 14.9. The van der Waals surface area contributed by atoms with Crippen molar-refractivity contribution in [3.05, 3.63) is 28.2 Å². The second-order valence-electron chi connectivity index (χ2n) is 9.73. The van der Waals surface area contributed by atoms with Gasteiger partial charge in [-0.3, -0.25) is 9.59 Å². The third-order valence-electron chi connectivity index (χ3n) is 6.74. The molecule has 0 unspecified atom stereocenters. The molecule has 0 atom stereocenters. The van der Waals surface area contributed by atoms with Gasteiger partial charge in [0, 0.05) is 10.6 Å². The van der Waals surface area contributed by atoms with Crippen LogP contribution in [-0.4, -0.2) is 25.9 Å². The SMILES string of the molecule is CCCCCCCC[Si](C)(CCCCCCCC)CN1C(=O)C(=O)c2ccc(Br)cc21. The number of carbonyl (C=O) groups is 2. The van der Waals surface area contributed by atoms with Crippen LogP contribution < -0.4 is 4.90 Å². The predicted octanol–water partition coefficient (Wildman–Crippen LogP) is 8.32. The van der Waals surface area contributed by atoms with Crippen LogP contribution in [0.1, 0.15) is 101 Å². The number of hydrogen-bond donors (Lipinski definition) is 0. The molecule has 0 fully saturated rings. The number of hydrogen-bond acceptors (Lipinski definition) is 2. The van der Waals surface area contributed by atoms with Gasteiger partial charge in [-0.15, -0.1) is 0 Å². The first kappa shape index (κ1) is 26.3. The standard InChI is InChI=1S/C26H42BrNO2Si/c1-4-6-8-10-12-14-18-31(3,19-15-13-11-9-7-5-2)21-28-24-20-22(27)16-17-23(24)25(29)26(28)30/h16-17,20H,4-15,18-19,21H2,1-3H3. The maximum absolute atomic E-state index is 12.8. The maximum Gasteiger partial charge on any atom is 0.299 e. The minimum absolute atomic E-state index is 0.322. The minimum Gasteiger partial charge on any atom is -0.308 e. The maximum atomic E-state index is 12.8. The summed E-state index contributed by atoms with van der Waals surface area (Å²) in [4.78, 5) is 27.2. The summed E-state index contributed by atoms with van der Waals surface area (Å²) in [5, 5.41) is 0. The largest absolute Gasteiger partial charge is 0.308 e. The Morgan fingerprint density at radius 1 is 0.806 bits per heavy atom. The fourth-order valence-electron chi connectivity index (χ4n) is 4.75. The van der Waals surface area contributed by atoms with Crippen LogP contribution in [0.4, 0.5) is 5.69 Å². The molecule has 0 saturated heterocycles. The Bertz CT molecular complexity index is 705. The number of ketones is 1. The second-order valence-corrected chi connectivity index (χ2v) is 15.6. The van der Waals surface area contributed by atoms with Gasteiger partial charge in [0.15, 0.2) is 0 Å². The minimum atomic E-state index is -1.67. The molecule has 1 aromatic carbocycles. The van der Waals surface area contributed by atoms with Gasteiger partial charge in [-0.25, -0.2) is 0 Å². The molecule has 2 rings (SSSR count). The highest BCUT2D eigenvalue weighted by molar-refractivity contribution is 9.10. The molecule has 1 amide bonds. The zero-order valence-electron chi connectivity index (χ0n) is 20.0. The lowest BCUT2D eigenvalue weighted by atomic mass is 10.1. The van der Waals surface area contributed by atoms with Crippen molar-refractivity contribution in [2.45, 2.75) is 110 Å². The van der Waals surface area contributed by atoms with Crippen LogP contribution in [0.3, 0.4) is 0 Å². The van der Waals surface area contributed by atoms with Crippen molar-refractivity contribution in [1.82, 2.24) is 0 Å². The van der Waals surface area contributed by atoms with Crippen LogP contribution in [0.5, 0.6) is 0 Å². The van der Waals surface area contributed by atoms with Crippen LogP contribution in [0.25, 0.3) is 0 Å². The van der Waals surface area contributed by atoms with Crippen molar-refractivity contribution in [2.24, 2.45) is 0 Å². The molecule has 0 aliphatic carbocycles. The smallest absolute Gasteiger partial charge is 0.299 e. The normalized spacial score (nSPS) is 13.9. The topological polar surface area (TPSA) is 37.4 Å². The lowest BCUT2D eigenvalue weighted by Crippen LogP contribution is -2.47. The number of fused-ring (bicyclic) bond motifs is 1. The first-order valence-electron chi connectivity index (χ1n) is 12.6. The molecule has 0 spiro atoms.